The SMILES string of the molecule is CCOCC1CN(c2nccc3sc(C(=O)O)cc23)CCO1. The van der Waals surface area contributed by atoms with Gasteiger partial charge in [0.15, 0.2) is 0 Å². The molecule has 0 spiro atoms. The molecule has 118 valence electrons. The van der Waals surface area contributed by atoms with Crippen molar-refractivity contribution in [2.75, 3.05) is 37.8 Å². The number of morpholine rings is 1. The van der Waals surface area contributed by atoms with E-state index in [0.29, 0.717) is 31.2 Å². The van der Waals surface area contributed by atoms with Gasteiger partial charge in [-0.25, -0.2) is 9.78 Å². The topological polar surface area (TPSA) is 71.9 Å². The first-order valence-corrected chi connectivity index (χ1v) is 8.07. The van der Waals surface area contributed by atoms with Crippen LogP contribution in [0, 0.1) is 0 Å². The number of hydrogen-bond donors (Lipinski definition) is 1. The Morgan fingerprint density at radius 1 is 1.64 bits per heavy atom. The second kappa shape index (κ2) is 6.60. The van der Waals surface area contributed by atoms with Gasteiger partial charge in [-0.3, -0.25) is 0 Å². The Labute approximate surface area is 132 Å². The maximum Gasteiger partial charge on any atom is 0.345 e. The van der Waals surface area contributed by atoms with E-state index in [1.165, 1.54) is 11.3 Å². The normalized spacial score (nSPS) is 18.8. The van der Waals surface area contributed by atoms with Crippen molar-refractivity contribution >= 4 is 33.2 Å². The fourth-order valence-electron chi connectivity index (χ4n) is 2.57. The van der Waals surface area contributed by atoms with Crippen LogP contribution >= 0.6 is 11.3 Å². The molecule has 0 aliphatic carbocycles. The number of fused-ring (bicyclic) bond motifs is 1. The van der Waals surface area contributed by atoms with Crippen molar-refractivity contribution in [1.82, 2.24) is 4.98 Å². The lowest BCUT2D eigenvalue weighted by molar-refractivity contribution is -0.0208. The Hall–Kier alpha value is -1.70. The van der Waals surface area contributed by atoms with Crippen molar-refractivity contribution in [1.29, 1.82) is 0 Å². The maximum atomic E-state index is 11.2. The molecule has 1 unspecified atom stereocenters. The molecular weight excluding hydrogens is 304 g/mol. The first kappa shape index (κ1) is 15.2. The number of hydrogen-bond acceptors (Lipinski definition) is 6. The van der Waals surface area contributed by atoms with Gasteiger partial charge in [-0.15, -0.1) is 11.3 Å². The zero-order chi connectivity index (χ0) is 15.5. The van der Waals surface area contributed by atoms with E-state index in [1.807, 2.05) is 13.0 Å². The minimum atomic E-state index is -0.900. The summed E-state index contributed by atoms with van der Waals surface area (Å²) in [4.78, 5) is 18.1. The summed E-state index contributed by atoms with van der Waals surface area (Å²) in [6, 6.07) is 3.56. The molecule has 1 aliphatic heterocycles. The van der Waals surface area contributed by atoms with Crippen molar-refractivity contribution in [2.24, 2.45) is 0 Å². The molecule has 1 atom stereocenters. The molecule has 0 radical (unpaired) electrons. The average molecular weight is 322 g/mol. The highest BCUT2D eigenvalue weighted by Gasteiger charge is 2.24. The Morgan fingerprint density at radius 2 is 2.50 bits per heavy atom. The number of carboxylic acid groups (broad SMARTS) is 1. The summed E-state index contributed by atoms with van der Waals surface area (Å²) in [5.74, 6) is -0.0746. The molecule has 1 aliphatic rings. The van der Waals surface area contributed by atoms with Crippen LogP contribution in [0.5, 0.6) is 0 Å². The highest BCUT2D eigenvalue weighted by molar-refractivity contribution is 7.20. The van der Waals surface area contributed by atoms with Crippen LogP contribution in [0.3, 0.4) is 0 Å². The summed E-state index contributed by atoms with van der Waals surface area (Å²) in [7, 11) is 0. The molecule has 1 fully saturated rings. The molecule has 1 saturated heterocycles. The van der Waals surface area contributed by atoms with Crippen LogP contribution < -0.4 is 4.90 Å². The lowest BCUT2D eigenvalue weighted by Crippen LogP contribution is -2.45. The van der Waals surface area contributed by atoms with E-state index in [9.17, 15) is 4.79 Å². The number of aromatic carboxylic acids is 1. The van der Waals surface area contributed by atoms with Gasteiger partial charge in [0.05, 0.1) is 19.3 Å². The van der Waals surface area contributed by atoms with Gasteiger partial charge in [0, 0.05) is 36.0 Å². The molecule has 22 heavy (non-hydrogen) atoms. The second-order valence-electron chi connectivity index (χ2n) is 5.06. The van der Waals surface area contributed by atoms with E-state index < -0.39 is 5.97 Å². The van der Waals surface area contributed by atoms with Crippen LogP contribution in [-0.2, 0) is 9.47 Å². The van der Waals surface area contributed by atoms with E-state index >= 15 is 0 Å². The highest BCUT2D eigenvalue weighted by Crippen LogP contribution is 2.32. The number of carbonyl (C=O) groups is 1. The summed E-state index contributed by atoms with van der Waals surface area (Å²) < 4.78 is 12.1. The van der Waals surface area contributed by atoms with Crippen LogP contribution in [0.15, 0.2) is 18.3 Å². The van der Waals surface area contributed by atoms with Gasteiger partial charge < -0.3 is 19.5 Å². The molecule has 3 heterocycles. The Balaban J connectivity index is 1.87. The van der Waals surface area contributed by atoms with E-state index in [-0.39, 0.29) is 6.10 Å². The van der Waals surface area contributed by atoms with Gasteiger partial charge in [-0.05, 0) is 19.1 Å². The third-order valence-corrected chi connectivity index (χ3v) is 4.67. The quantitative estimate of drug-likeness (QED) is 0.910. The fourth-order valence-corrected chi connectivity index (χ4v) is 3.46. The molecule has 7 heteroatoms. The standard InChI is InChI=1S/C15H18N2O4S/c1-2-20-9-10-8-17(5-6-21-10)14-11-7-13(15(18)19)22-12(11)3-4-16-14/h3-4,7,10H,2,5-6,8-9H2,1H3,(H,18,19). The average Bonchev–Trinajstić information content (AvgIpc) is 2.97. The first-order chi connectivity index (χ1) is 10.7. The molecule has 6 nitrogen and oxygen atoms in total. The summed E-state index contributed by atoms with van der Waals surface area (Å²) in [6.45, 7) is 5.25. The second-order valence-corrected chi connectivity index (χ2v) is 6.14. The number of nitrogens with zero attached hydrogens (tertiary/aromatic N) is 2. The largest absolute Gasteiger partial charge is 0.477 e. The molecule has 2 aromatic heterocycles. The molecule has 0 aromatic carbocycles. The number of ether oxygens (including phenoxy) is 2. The van der Waals surface area contributed by atoms with E-state index in [0.717, 1.165) is 22.4 Å². The Morgan fingerprint density at radius 3 is 3.27 bits per heavy atom. The monoisotopic (exact) mass is 322 g/mol. The third kappa shape index (κ3) is 3.06. The van der Waals surface area contributed by atoms with Gasteiger partial charge in [0.2, 0.25) is 0 Å². The number of aromatic nitrogens is 1. The molecule has 0 bridgehead atoms. The maximum absolute atomic E-state index is 11.2. The summed E-state index contributed by atoms with van der Waals surface area (Å²) in [5.41, 5.74) is 0. The lowest BCUT2D eigenvalue weighted by atomic mass is 10.2. The van der Waals surface area contributed by atoms with Crippen LogP contribution in [0.1, 0.15) is 16.6 Å². The van der Waals surface area contributed by atoms with E-state index in [1.54, 1.807) is 12.3 Å². The van der Waals surface area contributed by atoms with E-state index in [2.05, 4.69) is 9.88 Å². The Kier molecular flexibility index (Phi) is 4.56. The summed E-state index contributed by atoms with van der Waals surface area (Å²) in [6.07, 6.45) is 1.75. The Bertz CT molecular complexity index is 673. The van der Waals surface area contributed by atoms with Crippen molar-refractivity contribution in [3.8, 4) is 0 Å². The number of thiophene rings is 1. The summed E-state index contributed by atoms with van der Waals surface area (Å²) in [5, 5.41) is 10.1. The zero-order valence-corrected chi connectivity index (χ0v) is 13.1. The van der Waals surface area contributed by atoms with Crippen LogP contribution in [0.2, 0.25) is 0 Å². The van der Waals surface area contributed by atoms with Crippen molar-refractivity contribution in [3.63, 3.8) is 0 Å². The third-order valence-electron chi connectivity index (χ3n) is 3.58. The van der Waals surface area contributed by atoms with Crippen LogP contribution in [0.4, 0.5) is 5.82 Å². The summed E-state index contributed by atoms with van der Waals surface area (Å²) >= 11 is 1.28. The van der Waals surface area contributed by atoms with Crippen molar-refractivity contribution < 1.29 is 19.4 Å². The van der Waals surface area contributed by atoms with Crippen LogP contribution in [0.25, 0.3) is 10.1 Å². The van der Waals surface area contributed by atoms with Crippen LogP contribution in [-0.4, -0.2) is 55.1 Å². The van der Waals surface area contributed by atoms with Gasteiger partial charge in [-0.2, -0.15) is 0 Å². The van der Waals surface area contributed by atoms with Gasteiger partial charge >= 0.3 is 5.97 Å². The van der Waals surface area contributed by atoms with Crippen molar-refractivity contribution in [3.05, 3.63) is 23.2 Å². The minimum Gasteiger partial charge on any atom is -0.477 e. The number of anilines is 1. The van der Waals surface area contributed by atoms with Gasteiger partial charge in [-0.1, -0.05) is 0 Å². The molecule has 3 rings (SSSR count). The lowest BCUT2D eigenvalue weighted by Gasteiger charge is -2.33. The first-order valence-electron chi connectivity index (χ1n) is 7.25. The number of pyridine rings is 1. The predicted octanol–water partition coefficient (Wildman–Crippen LogP) is 2.24. The zero-order valence-electron chi connectivity index (χ0n) is 12.3. The molecule has 2 aromatic rings. The van der Waals surface area contributed by atoms with Gasteiger partial charge in [0.1, 0.15) is 10.7 Å². The smallest absolute Gasteiger partial charge is 0.345 e. The van der Waals surface area contributed by atoms with E-state index in [4.69, 9.17) is 14.6 Å². The number of carboxylic acids is 1. The molecule has 0 amide bonds. The molecular formula is C15H18N2O4S. The fraction of sp³-hybridized carbons (Fsp3) is 0.467. The number of rotatable bonds is 5. The molecule has 0 saturated carbocycles. The minimum absolute atomic E-state index is 0.0170. The highest BCUT2D eigenvalue weighted by atomic mass is 32.1. The van der Waals surface area contributed by atoms with Crippen molar-refractivity contribution in [2.45, 2.75) is 13.0 Å². The van der Waals surface area contributed by atoms with Gasteiger partial charge in [0.25, 0.3) is 0 Å². The predicted molar refractivity (Wildman–Crippen MR) is 85.0 cm³/mol. The molecule has 1 N–H and O–H groups in total.